The zero-order valence-electron chi connectivity index (χ0n) is 13.5. The second-order valence-corrected chi connectivity index (χ2v) is 4.98. The van der Waals surface area contributed by atoms with Gasteiger partial charge >= 0.3 is 0 Å². The molecule has 0 aliphatic carbocycles. The maximum Gasteiger partial charge on any atom is 0.193 e. The maximum absolute atomic E-state index is 12.9. The molecule has 1 unspecified atom stereocenters. The highest BCUT2D eigenvalue weighted by Gasteiger charge is 2.09. The Morgan fingerprint density at radius 1 is 1.21 bits per heavy atom. The number of hydrogen-bond donors (Lipinski definition) is 3. The molecule has 1 atom stereocenters. The number of anilines is 1. The highest BCUT2D eigenvalue weighted by atomic mass is 19.1. The molecule has 6 nitrogen and oxygen atoms in total. The van der Waals surface area contributed by atoms with E-state index in [4.69, 9.17) is 15.2 Å². The first-order chi connectivity index (χ1) is 11.5. The Morgan fingerprint density at radius 2 is 1.92 bits per heavy atom. The number of guanidine groups is 1. The molecule has 0 fully saturated rings. The van der Waals surface area contributed by atoms with E-state index < -0.39 is 6.10 Å². The number of hydrogen-bond acceptors (Lipinski definition) is 4. The molecule has 0 amide bonds. The first-order valence-corrected chi connectivity index (χ1v) is 7.26. The Morgan fingerprint density at radius 3 is 2.54 bits per heavy atom. The lowest BCUT2D eigenvalue weighted by Gasteiger charge is -2.13. The smallest absolute Gasteiger partial charge is 0.193 e. The van der Waals surface area contributed by atoms with Crippen LogP contribution in [0.3, 0.4) is 0 Å². The summed E-state index contributed by atoms with van der Waals surface area (Å²) in [5, 5.41) is 13.0. The number of rotatable bonds is 6. The number of aliphatic imine (C=N–C) groups is 1. The summed E-state index contributed by atoms with van der Waals surface area (Å²) in [4.78, 5) is 4.09. The van der Waals surface area contributed by atoms with Crippen LogP contribution in [0.1, 0.15) is 11.7 Å². The van der Waals surface area contributed by atoms with Gasteiger partial charge in [0.25, 0.3) is 0 Å². The molecule has 0 aromatic heterocycles. The van der Waals surface area contributed by atoms with E-state index in [1.54, 1.807) is 32.4 Å². The maximum atomic E-state index is 12.9. The first kappa shape index (κ1) is 17.6. The fourth-order valence-corrected chi connectivity index (χ4v) is 2.06. The standard InChI is InChI=1S/C17H20FN3O3/c1-23-13-7-8-16(24-2)14(9-13)21-17(19)20-10-15(22)11-3-5-12(18)6-4-11/h3-9,15,22H,10H2,1-2H3,(H3,19,20,21). The van der Waals surface area contributed by atoms with Gasteiger partial charge in [0.2, 0.25) is 0 Å². The molecule has 2 aromatic rings. The monoisotopic (exact) mass is 333 g/mol. The van der Waals surface area contributed by atoms with Crippen LogP contribution in [0.25, 0.3) is 0 Å². The van der Waals surface area contributed by atoms with Crippen molar-refractivity contribution in [2.24, 2.45) is 10.7 Å². The van der Waals surface area contributed by atoms with E-state index in [9.17, 15) is 9.50 Å². The van der Waals surface area contributed by atoms with Gasteiger partial charge in [0, 0.05) is 6.07 Å². The van der Waals surface area contributed by atoms with E-state index in [1.807, 2.05) is 0 Å². The van der Waals surface area contributed by atoms with Crippen molar-refractivity contribution < 1.29 is 19.0 Å². The number of ether oxygens (including phenoxy) is 2. The van der Waals surface area contributed by atoms with E-state index in [0.29, 0.717) is 22.7 Å². The quantitative estimate of drug-likeness (QED) is 0.557. The summed E-state index contributed by atoms with van der Waals surface area (Å²) in [6, 6.07) is 10.8. The van der Waals surface area contributed by atoms with Crippen molar-refractivity contribution in [3.8, 4) is 11.5 Å². The van der Waals surface area contributed by atoms with Crippen LogP contribution in [0.5, 0.6) is 11.5 Å². The van der Waals surface area contributed by atoms with Gasteiger partial charge in [-0.15, -0.1) is 0 Å². The summed E-state index contributed by atoms with van der Waals surface area (Å²) in [5.74, 6) is 0.967. The third kappa shape index (κ3) is 4.60. The molecule has 7 heteroatoms. The molecular weight excluding hydrogens is 313 g/mol. The topological polar surface area (TPSA) is 89.1 Å². The molecule has 0 radical (unpaired) electrons. The number of nitrogens with two attached hydrogens (primary N) is 1. The SMILES string of the molecule is COc1ccc(OC)c(NC(N)=NCC(O)c2ccc(F)cc2)c1. The lowest BCUT2D eigenvalue weighted by molar-refractivity contribution is 0.187. The predicted molar refractivity (Wildman–Crippen MR) is 91.0 cm³/mol. The molecule has 2 rings (SSSR count). The minimum absolute atomic E-state index is 0.0384. The fourth-order valence-electron chi connectivity index (χ4n) is 2.06. The van der Waals surface area contributed by atoms with E-state index in [0.717, 1.165) is 0 Å². The van der Waals surface area contributed by atoms with E-state index in [2.05, 4.69) is 10.3 Å². The molecule has 0 bridgehead atoms. The van der Waals surface area contributed by atoms with Gasteiger partial charge in [-0.1, -0.05) is 12.1 Å². The third-order valence-corrected chi connectivity index (χ3v) is 3.36. The second kappa shape index (κ2) is 8.16. The number of halogens is 1. The van der Waals surface area contributed by atoms with Crippen molar-refractivity contribution >= 4 is 11.6 Å². The lowest BCUT2D eigenvalue weighted by atomic mass is 10.1. The number of nitrogens with zero attached hydrogens (tertiary/aromatic N) is 1. The van der Waals surface area contributed by atoms with E-state index >= 15 is 0 Å². The Bertz CT molecular complexity index is 705. The zero-order chi connectivity index (χ0) is 17.5. The van der Waals surface area contributed by atoms with Crippen molar-refractivity contribution in [3.05, 3.63) is 53.8 Å². The Kier molecular flexibility index (Phi) is 5.97. The van der Waals surface area contributed by atoms with E-state index in [-0.39, 0.29) is 18.3 Å². The van der Waals surface area contributed by atoms with Crippen LogP contribution in [0.4, 0.5) is 10.1 Å². The number of nitrogens with one attached hydrogen (secondary N) is 1. The van der Waals surface area contributed by atoms with Crippen LogP contribution in [0.2, 0.25) is 0 Å². The number of methoxy groups -OCH3 is 2. The third-order valence-electron chi connectivity index (χ3n) is 3.36. The van der Waals surface area contributed by atoms with Gasteiger partial charge in [-0.25, -0.2) is 4.39 Å². The highest BCUT2D eigenvalue weighted by molar-refractivity contribution is 5.94. The Labute approximate surface area is 139 Å². The van der Waals surface area contributed by atoms with Crippen LogP contribution < -0.4 is 20.5 Å². The summed E-state index contributed by atoms with van der Waals surface area (Å²) in [7, 11) is 3.10. The van der Waals surface area contributed by atoms with Crippen LogP contribution in [0.15, 0.2) is 47.5 Å². The molecule has 0 aliphatic heterocycles. The van der Waals surface area contributed by atoms with Gasteiger partial charge in [0.1, 0.15) is 17.3 Å². The highest BCUT2D eigenvalue weighted by Crippen LogP contribution is 2.28. The van der Waals surface area contributed by atoms with Crippen LogP contribution in [-0.4, -0.2) is 31.8 Å². The van der Waals surface area contributed by atoms with Gasteiger partial charge in [0.15, 0.2) is 5.96 Å². The van der Waals surface area contributed by atoms with Gasteiger partial charge in [0.05, 0.1) is 32.6 Å². The molecule has 0 saturated carbocycles. The molecule has 2 aromatic carbocycles. The van der Waals surface area contributed by atoms with E-state index in [1.165, 1.54) is 24.3 Å². The minimum Gasteiger partial charge on any atom is -0.497 e. The number of benzene rings is 2. The van der Waals surface area contributed by atoms with Crippen molar-refractivity contribution in [1.29, 1.82) is 0 Å². The molecular formula is C17H20FN3O3. The van der Waals surface area contributed by atoms with Crippen molar-refractivity contribution in [1.82, 2.24) is 0 Å². The zero-order valence-corrected chi connectivity index (χ0v) is 13.5. The minimum atomic E-state index is -0.877. The summed E-state index contributed by atoms with van der Waals surface area (Å²) in [5.41, 5.74) is 7.00. The number of aliphatic hydroxyl groups excluding tert-OH is 1. The molecule has 0 spiro atoms. The molecule has 24 heavy (non-hydrogen) atoms. The molecule has 4 N–H and O–H groups in total. The summed E-state index contributed by atoms with van der Waals surface area (Å²) in [6.07, 6.45) is -0.877. The van der Waals surface area contributed by atoms with Gasteiger partial charge < -0.3 is 25.6 Å². The predicted octanol–water partition coefficient (Wildman–Crippen LogP) is 2.30. The lowest BCUT2D eigenvalue weighted by Crippen LogP contribution is -2.24. The van der Waals surface area contributed by atoms with Crippen LogP contribution >= 0.6 is 0 Å². The van der Waals surface area contributed by atoms with Gasteiger partial charge in [-0.05, 0) is 29.8 Å². The molecule has 128 valence electrons. The first-order valence-electron chi connectivity index (χ1n) is 7.26. The summed E-state index contributed by atoms with van der Waals surface area (Å²) >= 11 is 0. The second-order valence-electron chi connectivity index (χ2n) is 4.98. The summed E-state index contributed by atoms with van der Waals surface area (Å²) in [6.45, 7) is 0.0384. The molecule has 0 aliphatic rings. The Hall–Kier alpha value is -2.80. The summed E-state index contributed by atoms with van der Waals surface area (Å²) < 4.78 is 23.3. The average Bonchev–Trinajstić information content (AvgIpc) is 2.60. The molecule has 0 saturated heterocycles. The van der Waals surface area contributed by atoms with Gasteiger partial charge in [-0.2, -0.15) is 0 Å². The van der Waals surface area contributed by atoms with Crippen molar-refractivity contribution in [2.75, 3.05) is 26.1 Å². The van der Waals surface area contributed by atoms with Crippen LogP contribution in [-0.2, 0) is 0 Å². The Balaban J connectivity index is 2.04. The fraction of sp³-hybridized carbons (Fsp3) is 0.235. The number of aliphatic hydroxyl groups is 1. The normalized spacial score (nSPS) is 12.6. The average molecular weight is 333 g/mol. The van der Waals surface area contributed by atoms with Crippen LogP contribution in [0, 0.1) is 5.82 Å². The molecule has 0 heterocycles. The van der Waals surface area contributed by atoms with Crippen molar-refractivity contribution in [3.63, 3.8) is 0 Å². The largest absolute Gasteiger partial charge is 0.497 e. The van der Waals surface area contributed by atoms with Crippen molar-refractivity contribution in [2.45, 2.75) is 6.10 Å². The van der Waals surface area contributed by atoms with Gasteiger partial charge in [-0.3, -0.25) is 4.99 Å².